The molecule has 184 valence electrons. The molecule has 2 heterocycles. The van der Waals surface area contributed by atoms with Crippen LogP contribution < -0.4 is 9.64 Å². The number of aromatic nitrogens is 1. The highest BCUT2D eigenvalue weighted by molar-refractivity contribution is 7.98. The van der Waals surface area contributed by atoms with E-state index in [2.05, 4.69) is 14.6 Å². The maximum absolute atomic E-state index is 13.5. The Bertz CT molecular complexity index is 1120. The average molecular weight is 534 g/mol. The maximum atomic E-state index is 13.5. The molecule has 0 N–H and O–H groups in total. The van der Waals surface area contributed by atoms with Crippen LogP contribution in [0.2, 0.25) is 0 Å². The van der Waals surface area contributed by atoms with Crippen molar-refractivity contribution in [2.45, 2.75) is 11.3 Å². The number of thiazole rings is 1. The maximum Gasteiger partial charge on any atom is 0.573 e. The fraction of sp³-hybridized carbons (Fsp3) is 0.364. The first-order chi connectivity index (χ1) is 15.8. The van der Waals surface area contributed by atoms with Gasteiger partial charge in [0.1, 0.15) is 5.75 Å². The Morgan fingerprint density at radius 1 is 1.24 bits per heavy atom. The SMILES string of the molecule is CSc1cccc(C(=O)N(CCN2CCOCC2)c2nc3ccc(OC(F)(F)F)cc3s2)c1.Cl. The number of anilines is 1. The molecule has 6 nitrogen and oxygen atoms in total. The summed E-state index contributed by atoms with van der Waals surface area (Å²) >= 11 is 2.71. The molecule has 1 amide bonds. The van der Waals surface area contributed by atoms with Crippen LogP contribution in [0.5, 0.6) is 5.75 Å². The molecule has 0 radical (unpaired) electrons. The minimum Gasteiger partial charge on any atom is -0.406 e. The Hall–Kier alpha value is -2.05. The smallest absolute Gasteiger partial charge is 0.406 e. The lowest BCUT2D eigenvalue weighted by atomic mass is 10.2. The summed E-state index contributed by atoms with van der Waals surface area (Å²) < 4.78 is 47.7. The monoisotopic (exact) mass is 533 g/mol. The summed E-state index contributed by atoms with van der Waals surface area (Å²) in [4.78, 5) is 22.8. The van der Waals surface area contributed by atoms with E-state index in [1.54, 1.807) is 22.7 Å². The number of amides is 1. The van der Waals surface area contributed by atoms with Crippen LogP contribution in [0.4, 0.5) is 18.3 Å². The summed E-state index contributed by atoms with van der Waals surface area (Å²) in [5.74, 6) is -0.519. The molecule has 1 fully saturated rings. The number of benzene rings is 2. The minimum atomic E-state index is -4.77. The van der Waals surface area contributed by atoms with Gasteiger partial charge in [0.15, 0.2) is 5.13 Å². The number of alkyl halides is 3. The number of thioether (sulfide) groups is 1. The van der Waals surface area contributed by atoms with E-state index in [0.717, 1.165) is 29.3 Å². The van der Waals surface area contributed by atoms with E-state index in [1.165, 1.54) is 18.2 Å². The van der Waals surface area contributed by atoms with E-state index in [4.69, 9.17) is 4.74 Å². The van der Waals surface area contributed by atoms with Crippen LogP contribution in [0.15, 0.2) is 47.4 Å². The van der Waals surface area contributed by atoms with Crippen molar-refractivity contribution >= 4 is 56.8 Å². The molecule has 2 aromatic carbocycles. The van der Waals surface area contributed by atoms with Crippen molar-refractivity contribution in [1.29, 1.82) is 0 Å². The van der Waals surface area contributed by atoms with Crippen molar-refractivity contribution in [1.82, 2.24) is 9.88 Å². The van der Waals surface area contributed by atoms with Gasteiger partial charge < -0.3 is 9.47 Å². The third kappa shape index (κ3) is 6.76. The number of hydrogen-bond acceptors (Lipinski definition) is 7. The first-order valence-corrected chi connectivity index (χ1v) is 12.3. The first kappa shape index (κ1) is 26.6. The summed E-state index contributed by atoms with van der Waals surface area (Å²) in [7, 11) is 0. The molecule has 0 bridgehead atoms. The zero-order valence-corrected chi connectivity index (χ0v) is 20.7. The molecule has 3 aromatic rings. The predicted molar refractivity (Wildman–Crippen MR) is 131 cm³/mol. The van der Waals surface area contributed by atoms with Gasteiger partial charge in [-0.05, 0) is 36.6 Å². The van der Waals surface area contributed by atoms with Crippen molar-refractivity contribution in [3.8, 4) is 5.75 Å². The lowest BCUT2D eigenvalue weighted by molar-refractivity contribution is -0.274. The van der Waals surface area contributed by atoms with Crippen LogP contribution in [0.3, 0.4) is 0 Å². The molecule has 12 heteroatoms. The van der Waals surface area contributed by atoms with Crippen LogP contribution in [-0.4, -0.2) is 67.8 Å². The highest BCUT2D eigenvalue weighted by atomic mass is 35.5. The van der Waals surface area contributed by atoms with Crippen LogP contribution in [-0.2, 0) is 4.74 Å². The van der Waals surface area contributed by atoms with Crippen LogP contribution in [0, 0.1) is 0 Å². The quantitative estimate of drug-likeness (QED) is 0.383. The van der Waals surface area contributed by atoms with E-state index in [9.17, 15) is 18.0 Å². The number of morpholine rings is 1. The molecule has 34 heavy (non-hydrogen) atoms. The molecule has 0 unspecified atom stereocenters. The van der Waals surface area contributed by atoms with Gasteiger partial charge >= 0.3 is 6.36 Å². The van der Waals surface area contributed by atoms with Crippen LogP contribution in [0.1, 0.15) is 10.4 Å². The molecule has 1 saturated heterocycles. The van der Waals surface area contributed by atoms with Gasteiger partial charge in [0.2, 0.25) is 0 Å². The van der Waals surface area contributed by atoms with E-state index in [1.807, 2.05) is 24.5 Å². The number of carbonyl (C=O) groups excluding carboxylic acids is 1. The van der Waals surface area contributed by atoms with Crippen LogP contribution >= 0.6 is 35.5 Å². The number of fused-ring (bicyclic) bond motifs is 1. The summed E-state index contributed by atoms with van der Waals surface area (Å²) in [5.41, 5.74) is 1.04. The summed E-state index contributed by atoms with van der Waals surface area (Å²) in [6.07, 6.45) is -2.84. The van der Waals surface area contributed by atoms with Crippen molar-refractivity contribution in [3.05, 3.63) is 48.0 Å². The number of hydrogen-bond donors (Lipinski definition) is 0. The summed E-state index contributed by atoms with van der Waals surface area (Å²) in [5, 5.41) is 0.432. The van der Waals surface area contributed by atoms with Gasteiger partial charge in [0.25, 0.3) is 5.91 Å². The fourth-order valence-electron chi connectivity index (χ4n) is 3.47. The van der Waals surface area contributed by atoms with E-state index in [0.29, 0.717) is 47.2 Å². The molecular formula is C22H23ClF3N3O3S2. The normalized spacial score (nSPS) is 14.6. The van der Waals surface area contributed by atoms with Crippen molar-refractivity contribution in [2.24, 2.45) is 0 Å². The topological polar surface area (TPSA) is 54.9 Å². The van der Waals surface area contributed by atoms with Gasteiger partial charge in [-0.2, -0.15) is 0 Å². The second kappa shape index (κ2) is 11.6. The first-order valence-electron chi connectivity index (χ1n) is 10.2. The Labute approximate surface area is 209 Å². The molecule has 0 spiro atoms. The van der Waals surface area contributed by atoms with E-state index >= 15 is 0 Å². The Kier molecular flexibility index (Phi) is 9.05. The third-order valence-corrected chi connectivity index (χ3v) is 6.88. The van der Waals surface area contributed by atoms with Gasteiger partial charge in [0, 0.05) is 42.7 Å². The Balaban J connectivity index is 0.00000324. The van der Waals surface area contributed by atoms with Gasteiger partial charge in [-0.25, -0.2) is 4.98 Å². The molecule has 1 aromatic heterocycles. The number of halogens is 4. The zero-order chi connectivity index (χ0) is 23.4. The van der Waals surface area contributed by atoms with Gasteiger partial charge in [-0.15, -0.1) is 37.3 Å². The van der Waals surface area contributed by atoms with Gasteiger partial charge in [-0.1, -0.05) is 17.4 Å². The molecule has 1 aliphatic heterocycles. The second-order valence-electron chi connectivity index (χ2n) is 7.32. The molecular weight excluding hydrogens is 511 g/mol. The Morgan fingerprint density at radius 2 is 2.00 bits per heavy atom. The third-order valence-electron chi connectivity index (χ3n) is 5.12. The van der Waals surface area contributed by atoms with Crippen LogP contribution in [0.25, 0.3) is 10.2 Å². The van der Waals surface area contributed by atoms with Gasteiger partial charge in [0.05, 0.1) is 23.4 Å². The number of rotatable bonds is 7. The lowest BCUT2D eigenvalue weighted by Gasteiger charge is -2.29. The summed E-state index contributed by atoms with van der Waals surface area (Å²) in [6, 6.07) is 11.3. The highest BCUT2D eigenvalue weighted by Crippen LogP contribution is 2.34. The molecule has 4 rings (SSSR count). The van der Waals surface area contributed by atoms with Crippen molar-refractivity contribution < 1.29 is 27.4 Å². The number of nitrogens with zero attached hydrogens (tertiary/aromatic N) is 3. The molecule has 0 atom stereocenters. The van der Waals surface area contributed by atoms with Crippen molar-refractivity contribution in [2.75, 3.05) is 50.5 Å². The Morgan fingerprint density at radius 3 is 2.71 bits per heavy atom. The molecule has 0 aliphatic carbocycles. The second-order valence-corrected chi connectivity index (χ2v) is 9.21. The lowest BCUT2D eigenvalue weighted by Crippen LogP contribution is -2.43. The molecule has 1 aliphatic rings. The number of carbonyl (C=O) groups is 1. The average Bonchev–Trinajstić information content (AvgIpc) is 3.21. The predicted octanol–water partition coefficient (Wildman–Crippen LogP) is 5.32. The molecule has 0 saturated carbocycles. The van der Waals surface area contributed by atoms with Gasteiger partial charge in [-0.3, -0.25) is 14.6 Å². The zero-order valence-electron chi connectivity index (χ0n) is 18.2. The van der Waals surface area contributed by atoms with E-state index in [-0.39, 0.29) is 24.1 Å². The minimum absolute atomic E-state index is 0. The number of ether oxygens (including phenoxy) is 2. The largest absolute Gasteiger partial charge is 0.573 e. The van der Waals surface area contributed by atoms with Crippen molar-refractivity contribution in [3.63, 3.8) is 0 Å². The standard InChI is InChI=1S/C22H22F3N3O3S2.ClH/c1-32-17-4-2-3-15(13-17)20(29)28(8-7-27-9-11-30-12-10-27)21-26-18-6-5-16(14-19(18)33-21)31-22(23,24)25;/h2-6,13-14H,7-12H2,1H3;1H. The summed E-state index contributed by atoms with van der Waals surface area (Å²) in [6.45, 7) is 3.88. The fourth-order valence-corrected chi connectivity index (χ4v) is 4.95. The van der Waals surface area contributed by atoms with E-state index < -0.39 is 6.36 Å². The highest BCUT2D eigenvalue weighted by Gasteiger charge is 2.31.